The van der Waals surface area contributed by atoms with Crippen molar-refractivity contribution < 1.29 is 14.3 Å². The van der Waals surface area contributed by atoms with Gasteiger partial charge in [0.1, 0.15) is 11.9 Å². The summed E-state index contributed by atoms with van der Waals surface area (Å²) in [4.78, 5) is 13.2. The predicted octanol–water partition coefficient (Wildman–Crippen LogP) is 2.42. The van der Waals surface area contributed by atoms with Crippen LogP contribution in [0.15, 0.2) is 24.3 Å². The zero-order valence-electron chi connectivity index (χ0n) is 8.85. The Hall–Kier alpha value is -1.23. The average molecular weight is 286 g/mol. The molecular weight excluding hydrogens is 274 g/mol. The van der Waals surface area contributed by atoms with E-state index in [9.17, 15) is 4.79 Å². The number of halogens is 1. The molecule has 2 rings (SSSR count). The maximum Gasteiger partial charge on any atom is 0.414 e. The van der Waals surface area contributed by atoms with E-state index in [1.807, 2.05) is 24.3 Å². The van der Waals surface area contributed by atoms with Crippen molar-refractivity contribution >= 4 is 27.7 Å². The predicted molar refractivity (Wildman–Crippen MR) is 64.4 cm³/mol. The summed E-state index contributed by atoms with van der Waals surface area (Å²) < 4.78 is 10.3. The van der Waals surface area contributed by atoms with E-state index in [-0.39, 0.29) is 12.2 Å². The molecule has 1 unspecified atom stereocenters. The molecule has 86 valence electrons. The molecule has 0 spiro atoms. The van der Waals surface area contributed by atoms with Crippen LogP contribution >= 0.6 is 15.9 Å². The van der Waals surface area contributed by atoms with E-state index in [0.717, 1.165) is 11.4 Å². The fraction of sp³-hybridized carbons (Fsp3) is 0.364. The first-order valence-electron chi connectivity index (χ1n) is 4.92. The summed E-state index contributed by atoms with van der Waals surface area (Å²) in [7, 11) is 1.60. The van der Waals surface area contributed by atoms with Crippen LogP contribution in [-0.2, 0) is 4.74 Å². The maximum absolute atomic E-state index is 11.6. The number of methoxy groups -OCH3 is 1. The lowest BCUT2D eigenvalue weighted by molar-refractivity contribution is 0.152. The third-order valence-corrected chi connectivity index (χ3v) is 3.13. The normalized spacial score (nSPS) is 19.8. The van der Waals surface area contributed by atoms with Crippen LogP contribution in [0.25, 0.3) is 0 Å². The van der Waals surface area contributed by atoms with Gasteiger partial charge in [-0.3, -0.25) is 4.90 Å². The number of hydrogen-bond donors (Lipinski definition) is 0. The fourth-order valence-electron chi connectivity index (χ4n) is 1.59. The van der Waals surface area contributed by atoms with Gasteiger partial charge in [-0.1, -0.05) is 22.0 Å². The summed E-state index contributed by atoms with van der Waals surface area (Å²) in [5.41, 5.74) is 0.799. The van der Waals surface area contributed by atoms with Gasteiger partial charge >= 0.3 is 6.09 Å². The Morgan fingerprint density at radius 2 is 2.44 bits per heavy atom. The van der Waals surface area contributed by atoms with Crippen molar-refractivity contribution in [3.05, 3.63) is 24.3 Å². The van der Waals surface area contributed by atoms with E-state index < -0.39 is 0 Å². The number of rotatable bonds is 3. The van der Waals surface area contributed by atoms with Crippen LogP contribution in [0.1, 0.15) is 0 Å². The lowest BCUT2D eigenvalue weighted by Crippen LogP contribution is -2.24. The average Bonchev–Trinajstić information content (AvgIpc) is 2.71. The zero-order valence-corrected chi connectivity index (χ0v) is 10.4. The number of nitrogens with zero attached hydrogens (tertiary/aromatic N) is 1. The van der Waals surface area contributed by atoms with Gasteiger partial charge in [-0.25, -0.2) is 4.79 Å². The molecule has 0 radical (unpaired) electrons. The van der Waals surface area contributed by atoms with Crippen molar-refractivity contribution in [2.75, 3.05) is 23.9 Å². The van der Waals surface area contributed by atoms with E-state index in [4.69, 9.17) is 9.47 Å². The Morgan fingerprint density at radius 3 is 3.06 bits per heavy atom. The lowest BCUT2D eigenvalue weighted by Gasteiger charge is -2.13. The molecule has 1 heterocycles. The van der Waals surface area contributed by atoms with Crippen molar-refractivity contribution in [1.29, 1.82) is 0 Å². The Balaban J connectivity index is 2.20. The fourth-order valence-corrected chi connectivity index (χ4v) is 1.93. The number of cyclic esters (lactones) is 1. The minimum atomic E-state index is -0.308. The zero-order chi connectivity index (χ0) is 11.5. The molecule has 1 aliphatic heterocycles. The quantitative estimate of drug-likeness (QED) is 0.801. The van der Waals surface area contributed by atoms with Crippen molar-refractivity contribution in [3.63, 3.8) is 0 Å². The number of anilines is 1. The van der Waals surface area contributed by atoms with Gasteiger partial charge in [0.05, 0.1) is 19.3 Å². The Morgan fingerprint density at radius 1 is 1.62 bits per heavy atom. The van der Waals surface area contributed by atoms with E-state index in [2.05, 4.69) is 15.9 Å². The molecule has 5 heteroatoms. The summed E-state index contributed by atoms with van der Waals surface area (Å²) >= 11 is 3.30. The second-order valence-electron chi connectivity index (χ2n) is 3.47. The molecule has 0 aromatic heterocycles. The molecule has 0 aliphatic carbocycles. The first-order chi connectivity index (χ1) is 7.74. The highest BCUT2D eigenvalue weighted by Gasteiger charge is 2.31. The molecule has 1 aromatic carbocycles. The van der Waals surface area contributed by atoms with Crippen LogP contribution in [0.3, 0.4) is 0 Å². The highest BCUT2D eigenvalue weighted by Crippen LogP contribution is 2.25. The largest absolute Gasteiger partial charge is 0.497 e. The summed E-state index contributed by atoms with van der Waals surface area (Å²) in [6, 6.07) is 7.37. The Labute approximate surface area is 102 Å². The van der Waals surface area contributed by atoms with Crippen LogP contribution in [0.4, 0.5) is 10.5 Å². The smallest absolute Gasteiger partial charge is 0.414 e. The summed E-state index contributed by atoms with van der Waals surface area (Å²) in [6.07, 6.45) is -0.392. The van der Waals surface area contributed by atoms with Gasteiger partial charge in [0.15, 0.2) is 0 Å². The summed E-state index contributed by atoms with van der Waals surface area (Å²) in [5, 5.41) is 0.652. The van der Waals surface area contributed by atoms with Crippen LogP contribution in [0.2, 0.25) is 0 Å². The highest BCUT2D eigenvalue weighted by molar-refractivity contribution is 9.09. The Bertz CT molecular complexity index is 397. The van der Waals surface area contributed by atoms with Crippen molar-refractivity contribution in [3.8, 4) is 5.75 Å². The molecule has 1 amide bonds. The number of hydrogen-bond acceptors (Lipinski definition) is 3. The topological polar surface area (TPSA) is 38.8 Å². The molecule has 4 nitrogen and oxygen atoms in total. The third kappa shape index (κ3) is 2.14. The van der Waals surface area contributed by atoms with Gasteiger partial charge in [-0.15, -0.1) is 0 Å². The van der Waals surface area contributed by atoms with Crippen LogP contribution < -0.4 is 9.64 Å². The van der Waals surface area contributed by atoms with Crippen LogP contribution in [-0.4, -0.2) is 31.2 Å². The van der Waals surface area contributed by atoms with Crippen LogP contribution in [0.5, 0.6) is 5.75 Å². The number of carbonyl (C=O) groups excluding carboxylic acids is 1. The van der Waals surface area contributed by atoms with Crippen molar-refractivity contribution in [2.45, 2.75) is 6.10 Å². The van der Waals surface area contributed by atoms with Crippen molar-refractivity contribution in [1.82, 2.24) is 0 Å². The first kappa shape index (κ1) is 11.3. The van der Waals surface area contributed by atoms with Gasteiger partial charge in [0, 0.05) is 11.4 Å². The minimum Gasteiger partial charge on any atom is -0.497 e. The lowest BCUT2D eigenvalue weighted by atomic mass is 10.2. The molecule has 1 aromatic rings. The second-order valence-corrected chi connectivity index (χ2v) is 4.12. The first-order valence-corrected chi connectivity index (χ1v) is 6.05. The van der Waals surface area contributed by atoms with Gasteiger partial charge < -0.3 is 9.47 Å². The van der Waals surface area contributed by atoms with E-state index in [1.54, 1.807) is 12.0 Å². The number of amides is 1. The highest BCUT2D eigenvalue weighted by atomic mass is 79.9. The molecular formula is C11H12BrNO3. The summed E-state index contributed by atoms with van der Waals surface area (Å²) in [5.74, 6) is 0.729. The number of alkyl halides is 1. The Kier molecular flexibility index (Phi) is 3.33. The standard InChI is InChI=1S/C11H12BrNO3/c1-15-9-4-2-3-8(5-9)13-7-10(6-12)16-11(13)14/h2-5,10H,6-7H2,1H3. The van der Waals surface area contributed by atoms with E-state index in [1.165, 1.54) is 0 Å². The number of benzene rings is 1. The maximum atomic E-state index is 11.6. The van der Waals surface area contributed by atoms with E-state index in [0.29, 0.717) is 11.9 Å². The molecule has 1 aliphatic rings. The molecule has 0 N–H and O–H groups in total. The number of ether oxygens (including phenoxy) is 2. The molecule has 1 fully saturated rings. The monoisotopic (exact) mass is 285 g/mol. The summed E-state index contributed by atoms with van der Waals surface area (Å²) in [6.45, 7) is 0.567. The molecule has 0 bridgehead atoms. The van der Waals surface area contributed by atoms with Gasteiger partial charge in [0.2, 0.25) is 0 Å². The third-order valence-electron chi connectivity index (χ3n) is 2.41. The minimum absolute atomic E-state index is 0.0845. The number of carbonyl (C=O) groups is 1. The van der Waals surface area contributed by atoms with Crippen LogP contribution in [0, 0.1) is 0 Å². The van der Waals surface area contributed by atoms with Gasteiger partial charge in [-0.05, 0) is 12.1 Å². The van der Waals surface area contributed by atoms with Crippen molar-refractivity contribution in [2.24, 2.45) is 0 Å². The molecule has 1 atom stereocenters. The van der Waals surface area contributed by atoms with E-state index >= 15 is 0 Å². The van der Waals surface area contributed by atoms with Gasteiger partial charge in [-0.2, -0.15) is 0 Å². The SMILES string of the molecule is COc1cccc(N2CC(CBr)OC2=O)c1. The van der Waals surface area contributed by atoms with Gasteiger partial charge in [0.25, 0.3) is 0 Å². The second kappa shape index (κ2) is 4.74. The molecule has 16 heavy (non-hydrogen) atoms. The molecule has 1 saturated heterocycles. The molecule has 0 saturated carbocycles.